The lowest BCUT2D eigenvalue weighted by molar-refractivity contribution is -0.130. The van der Waals surface area contributed by atoms with Gasteiger partial charge in [0.05, 0.1) is 0 Å². The third-order valence-electron chi connectivity index (χ3n) is 4.32. The molecule has 0 atom stereocenters. The first-order valence-corrected chi connectivity index (χ1v) is 10.5. The van der Waals surface area contributed by atoms with E-state index in [9.17, 15) is 9.59 Å². The van der Waals surface area contributed by atoms with Crippen molar-refractivity contribution in [3.8, 4) is 0 Å². The number of amides is 2. The summed E-state index contributed by atoms with van der Waals surface area (Å²) in [5, 5.41) is 6.44. The highest BCUT2D eigenvalue weighted by Gasteiger charge is 2.19. The number of likely N-dealkylation sites (tertiary alicyclic amines) is 1. The van der Waals surface area contributed by atoms with Crippen LogP contribution in [-0.2, 0) is 9.53 Å². The Morgan fingerprint density at radius 3 is 2.62 bits per heavy atom. The highest BCUT2D eigenvalue weighted by Crippen LogP contribution is 2.11. The van der Waals surface area contributed by atoms with E-state index >= 15 is 0 Å². The van der Waals surface area contributed by atoms with Crippen molar-refractivity contribution in [3.05, 3.63) is 0 Å². The molecule has 0 saturated carbocycles. The van der Waals surface area contributed by atoms with Crippen molar-refractivity contribution in [3.63, 3.8) is 0 Å². The van der Waals surface area contributed by atoms with Crippen LogP contribution in [0.2, 0.25) is 0 Å². The molecule has 0 bridgehead atoms. The molecule has 29 heavy (non-hydrogen) atoms. The first-order chi connectivity index (χ1) is 13.2. The van der Waals surface area contributed by atoms with Crippen molar-refractivity contribution in [2.24, 2.45) is 4.99 Å². The highest BCUT2D eigenvalue weighted by molar-refractivity contribution is 14.0. The minimum absolute atomic E-state index is 0. The number of halogens is 1. The summed E-state index contributed by atoms with van der Waals surface area (Å²) in [5.41, 5.74) is -0.496. The molecule has 0 aromatic rings. The lowest BCUT2D eigenvalue weighted by Gasteiger charge is -2.25. The molecule has 2 amide bonds. The molecule has 1 heterocycles. The van der Waals surface area contributed by atoms with Crippen LogP contribution in [0.3, 0.4) is 0 Å². The van der Waals surface area contributed by atoms with Crippen LogP contribution in [-0.4, -0.2) is 79.7 Å². The number of hydrogen-bond donors (Lipinski definition) is 2. The smallest absolute Gasteiger partial charge is 0.410 e. The maximum Gasteiger partial charge on any atom is 0.410 e. The lowest BCUT2D eigenvalue weighted by atomic mass is 10.2. The fourth-order valence-electron chi connectivity index (χ4n) is 2.84. The van der Waals surface area contributed by atoms with Crippen molar-refractivity contribution in [2.45, 2.75) is 65.4 Å². The average molecular weight is 525 g/mol. The van der Waals surface area contributed by atoms with Crippen LogP contribution in [0.1, 0.15) is 59.8 Å². The molecule has 0 aliphatic carbocycles. The van der Waals surface area contributed by atoms with Gasteiger partial charge in [-0.3, -0.25) is 9.79 Å². The van der Waals surface area contributed by atoms with E-state index in [1.54, 1.807) is 11.9 Å². The van der Waals surface area contributed by atoms with E-state index in [1.807, 2.05) is 32.6 Å². The molecule has 1 fully saturated rings. The second-order valence-electron chi connectivity index (χ2n) is 8.13. The number of guanidine groups is 1. The molecule has 0 aromatic carbocycles. The van der Waals surface area contributed by atoms with Gasteiger partial charge in [-0.2, -0.15) is 0 Å². The van der Waals surface area contributed by atoms with Gasteiger partial charge in [-0.25, -0.2) is 4.79 Å². The van der Waals surface area contributed by atoms with Crippen molar-refractivity contribution in [1.29, 1.82) is 0 Å². The summed E-state index contributed by atoms with van der Waals surface area (Å²) < 4.78 is 5.34. The molecular weight excluding hydrogens is 485 g/mol. The summed E-state index contributed by atoms with van der Waals surface area (Å²) in [5.74, 6) is 0.999. The Morgan fingerprint density at radius 2 is 1.97 bits per heavy atom. The molecule has 1 aliphatic rings. The largest absolute Gasteiger partial charge is 0.444 e. The van der Waals surface area contributed by atoms with Crippen LogP contribution in [0.5, 0.6) is 0 Å². The number of likely N-dealkylation sites (N-methyl/N-ethyl adjacent to an activating group) is 1. The molecule has 1 rings (SSSR count). The summed E-state index contributed by atoms with van der Waals surface area (Å²) in [7, 11) is 1.72. The number of nitrogens with zero attached hydrogens (tertiary/aromatic N) is 3. The van der Waals surface area contributed by atoms with E-state index < -0.39 is 5.60 Å². The van der Waals surface area contributed by atoms with Crippen LogP contribution in [0.15, 0.2) is 4.99 Å². The first-order valence-electron chi connectivity index (χ1n) is 10.5. The predicted molar refractivity (Wildman–Crippen MR) is 128 cm³/mol. The summed E-state index contributed by atoms with van der Waals surface area (Å²) in [4.78, 5) is 32.1. The van der Waals surface area contributed by atoms with Gasteiger partial charge in [0.1, 0.15) is 5.60 Å². The molecule has 0 unspecified atom stereocenters. The summed E-state index contributed by atoms with van der Waals surface area (Å²) in [6.45, 7) is 11.7. The van der Waals surface area contributed by atoms with E-state index in [0.717, 1.165) is 51.3 Å². The van der Waals surface area contributed by atoms with E-state index in [4.69, 9.17) is 4.74 Å². The molecule has 1 aliphatic heterocycles. The fourth-order valence-corrected chi connectivity index (χ4v) is 2.84. The quantitative estimate of drug-likeness (QED) is 0.220. The molecule has 170 valence electrons. The zero-order valence-electron chi connectivity index (χ0n) is 18.8. The minimum atomic E-state index is -0.496. The van der Waals surface area contributed by atoms with Gasteiger partial charge in [0, 0.05) is 52.7 Å². The Balaban J connectivity index is 0.00000784. The molecule has 2 N–H and O–H groups in total. The Kier molecular flexibility index (Phi) is 14.0. The summed E-state index contributed by atoms with van der Waals surface area (Å²) in [6.07, 6.45) is 4.45. The maximum atomic E-state index is 12.0. The van der Waals surface area contributed by atoms with Gasteiger partial charge in [-0.15, -0.1) is 24.0 Å². The average Bonchev–Trinajstić information content (AvgIpc) is 2.81. The minimum Gasteiger partial charge on any atom is -0.444 e. The number of hydrogen-bond acceptors (Lipinski definition) is 4. The van der Waals surface area contributed by atoms with Gasteiger partial charge >= 0.3 is 6.09 Å². The van der Waals surface area contributed by atoms with Crippen LogP contribution in [0.4, 0.5) is 4.79 Å². The van der Waals surface area contributed by atoms with Gasteiger partial charge in [0.2, 0.25) is 5.91 Å². The van der Waals surface area contributed by atoms with Crippen LogP contribution < -0.4 is 10.6 Å². The van der Waals surface area contributed by atoms with Gasteiger partial charge in [-0.1, -0.05) is 6.42 Å². The Bertz CT molecular complexity index is 523. The fraction of sp³-hybridized carbons (Fsp3) is 0.850. The first kappa shape index (κ1) is 27.7. The molecule has 0 radical (unpaired) electrons. The zero-order valence-corrected chi connectivity index (χ0v) is 21.1. The number of ether oxygens (including phenoxy) is 1. The summed E-state index contributed by atoms with van der Waals surface area (Å²) >= 11 is 0. The van der Waals surface area contributed by atoms with Crippen LogP contribution >= 0.6 is 24.0 Å². The van der Waals surface area contributed by atoms with Crippen LogP contribution in [0.25, 0.3) is 0 Å². The number of rotatable bonds is 8. The van der Waals surface area contributed by atoms with Crippen molar-refractivity contribution in [1.82, 2.24) is 20.4 Å². The molecule has 1 saturated heterocycles. The van der Waals surface area contributed by atoms with Crippen molar-refractivity contribution >= 4 is 41.9 Å². The third kappa shape index (κ3) is 12.8. The molecule has 0 aromatic heterocycles. The maximum absolute atomic E-state index is 12.0. The predicted octanol–water partition coefficient (Wildman–Crippen LogP) is 2.82. The lowest BCUT2D eigenvalue weighted by Crippen LogP contribution is -2.43. The Labute approximate surface area is 193 Å². The zero-order chi connectivity index (χ0) is 21.0. The van der Waals surface area contributed by atoms with E-state index in [0.29, 0.717) is 26.1 Å². The van der Waals surface area contributed by atoms with E-state index in [2.05, 4.69) is 15.6 Å². The third-order valence-corrected chi connectivity index (χ3v) is 4.32. The van der Waals surface area contributed by atoms with Crippen molar-refractivity contribution in [2.75, 3.05) is 46.3 Å². The molecule has 9 heteroatoms. The Hall–Kier alpha value is -1.26. The number of aliphatic imine (C=N–C) groups is 1. The molecule has 0 spiro atoms. The normalized spacial score (nSPS) is 15.3. The van der Waals surface area contributed by atoms with Gasteiger partial charge in [0.25, 0.3) is 0 Å². The summed E-state index contributed by atoms with van der Waals surface area (Å²) in [6, 6.07) is 0. The van der Waals surface area contributed by atoms with Crippen molar-refractivity contribution < 1.29 is 14.3 Å². The van der Waals surface area contributed by atoms with Crippen LogP contribution in [0, 0.1) is 0 Å². The SMILES string of the molecule is CCNC(=NCCCN1CCCCCC1=O)NCCN(C)C(=O)OC(C)(C)C.I. The number of carbonyl (C=O) groups is 2. The van der Waals surface area contributed by atoms with Gasteiger partial charge in [-0.05, 0) is 47.0 Å². The number of nitrogens with one attached hydrogen (secondary N) is 2. The standard InChI is InChI=1S/C20H39N5O3.HI/c1-6-21-18(23-13-16-24(5)19(27)28-20(2,3)4)22-12-10-15-25-14-9-7-8-11-17(25)26;/h6-16H2,1-5H3,(H2,21,22,23);1H. The monoisotopic (exact) mass is 525 g/mol. The van der Waals surface area contributed by atoms with Gasteiger partial charge < -0.3 is 25.2 Å². The van der Waals surface area contributed by atoms with E-state index in [-0.39, 0.29) is 36.0 Å². The van der Waals surface area contributed by atoms with E-state index in [1.165, 1.54) is 0 Å². The molecule has 8 nitrogen and oxygen atoms in total. The number of carbonyl (C=O) groups excluding carboxylic acids is 2. The van der Waals surface area contributed by atoms with Gasteiger partial charge in [0.15, 0.2) is 5.96 Å². The second kappa shape index (κ2) is 14.7. The molecular formula is C20H40IN5O3. The highest BCUT2D eigenvalue weighted by atomic mass is 127. The second-order valence-corrected chi connectivity index (χ2v) is 8.13. The topological polar surface area (TPSA) is 86.3 Å². The Morgan fingerprint density at radius 1 is 1.24 bits per heavy atom.